The molecule has 2 aliphatic carbocycles. The van der Waals surface area contributed by atoms with Crippen molar-refractivity contribution in [3.05, 3.63) is 35.9 Å². The number of nitrogens with zero attached hydrogens (tertiary/aromatic N) is 5. The highest BCUT2D eigenvalue weighted by Gasteiger charge is 2.49. The van der Waals surface area contributed by atoms with E-state index in [1.807, 2.05) is 71.8 Å². The number of rotatable bonds is 25. The van der Waals surface area contributed by atoms with E-state index in [2.05, 4.69) is 27.2 Å². The summed E-state index contributed by atoms with van der Waals surface area (Å²) in [6, 6.07) is 6.00. The van der Waals surface area contributed by atoms with Gasteiger partial charge in [-0.1, -0.05) is 71.4 Å². The number of hydrogen-bond donors (Lipinski definition) is 3. The van der Waals surface area contributed by atoms with Crippen molar-refractivity contribution >= 4 is 45.7 Å². The van der Waals surface area contributed by atoms with E-state index >= 15 is 0 Å². The molecule has 0 radical (unpaired) electrons. The van der Waals surface area contributed by atoms with Crippen LogP contribution in [0.4, 0.5) is 4.79 Å². The normalized spacial score (nSPS) is 21.5. The molecule has 1 heterocycles. The van der Waals surface area contributed by atoms with Gasteiger partial charge in [-0.05, 0) is 67.3 Å². The van der Waals surface area contributed by atoms with Gasteiger partial charge in [-0.3, -0.25) is 23.9 Å². The first-order chi connectivity index (χ1) is 33.7. The van der Waals surface area contributed by atoms with E-state index in [4.69, 9.17) is 19.2 Å². The fraction of sp³-hybridized carbons (Fsp3) is 0.731. The van der Waals surface area contributed by atoms with E-state index in [0.717, 1.165) is 32.1 Å². The van der Waals surface area contributed by atoms with Crippen molar-refractivity contribution in [1.29, 1.82) is 0 Å². The number of amides is 5. The van der Waals surface area contributed by atoms with Crippen LogP contribution in [0.25, 0.3) is 0 Å². The number of alkyl carbamates (subject to hydrolysis) is 1. The summed E-state index contributed by atoms with van der Waals surface area (Å²) >= 11 is 0. The quantitative estimate of drug-likeness (QED) is 0.0547. The monoisotopic (exact) mass is 1010 g/mol. The lowest BCUT2D eigenvalue weighted by molar-refractivity contribution is -0.146. The summed E-state index contributed by atoms with van der Waals surface area (Å²) in [6.07, 6.45) is 3.59. The molecule has 19 heteroatoms. The summed E-state index contributed by atoms with van der Waals surface area (Å²) in [5.74, 6) is 5.02. The molecule has 3 aliphatic rings. The molecule has 0 unspecified atom stereocenters. The zero-order chi connectivity index (χ0) is 52.6. The summed E-state index contributed by atoms with van der Waals surface area (Å²) in [7, 11) is 8.13. The maximum atomic E-state index is 14.4. The van der Waals surface area contributed by atoms with Crippen molar-refractivity contribution in [2.45, 2.75) is 135 Å². The molecule has 1 aliphatic heterocycles. The zero-order valence-corrected chi connectivity index (χ0v) is 45.3. The van der Waals surface area contributed by atoms with Gasteiger partial charge in [-0.2, -0.15) is 0 Å². The highest BCUT2D eigenvalue weighted by Crippen LogP contribution is 2.52. The lowest BCUT2D eigenvalue weighted by atomic mass is 9.89. The van der Waals surface area contributed by atoms with Gasteiger partial charge in [0.2, 0.25) is 27.7 Å². The maximum absolute atomic E-state index is 14.4. The Bertz CT molecular complexity index is 2100. The van der Waals surface area contributed by atoms with Crippen LogP contribution in [0.5, 0.6) is 0 Å². The predicted octanol–water partition coefficient (Wildman–Crippen LogP) is 4.14. The molecular formula is C52H84N8O10S. The fourth-order valence-corrected chi connectivity index (χ4v) is 11.4. The molecule has 1 saturated heterocycles. The van der Waals surface area contributed by atoms with Crippen LogP contribution in [0.2, 0.25) is 0 Å². The SMILES string of the molecule is CC[C@H](C)[C@@H]([C@@H](CC(=O)N1CCC[C@H]1[C@H](OC)[C@@H](C)C(=O)N[C@@H](Cc1ccccc1)C(=O)NS(=O)(=O)CCCNC(=O)OC[C@H]1[C@@H]2CCC#CCC[C@@H]21)OC)N(C)C(=O)[C@@H](N=C(N(C)C)N(C)C)C(C)C. The second kappa shape index (κ2) is 27.8. The van der Waals surface area contributed by atoms with E-state index in [1.165, 1.54) is 7.11 Å². The number of nitrogens with one attached hydrogen (secondary N) is 3. The molecule has 11 atom stereocenters. The van der Waals surface area contributed by atoms with Gasteiger partial charge in [0.15, 0.2) is 5.96 Å². The molecule has 18 nitrogen and oxygen atoms in total. The standard InChI is InChI=1S/C52H84N8O10S/c1-13-35(4)46(59(10)50(64)45(34(2)3)55-51(57(6)7)58(8)9)43(68-11)32-44(61)60-29-21-27-42(60)47(69-12)36(5)48(62)54-41(31-37-23-17-16-18-24-37)49(63)56-71(66,67)30-22-28-53-52(65)70-33-40-38-25-19-14-15-20-26-39(38)40/h16-18,23-24,34-36,38-43,45-47H,13,19-22,25-33H2,1-12H3,(H,53,65)(H,54,62)(H,56,63)/t35-,36+,38-,39+,40+,41-,42-,43+,45-,46-,47+/m0/s1. The molecule has 3 N–H and O–H groups in total. The molecule has 71 heavy (non-hydrogen) atoms. The van der Waals surface area contributed by atoms with Crippen molar-refractivity contribution < 1.29 is 46.6 Å². The van der Waals surface area contributed by atoms with Crippen LogP contribution < -0.4 is 15.4 Å². The van der Waals surface area contributed by atoms with Gasteiger partial charge in [-0.25, -0.2) is 18.2 Å². The Morgan fingerprint density at radius 2 is 1.52 bits per heavy atom. The average molecular weight is 1010 g/mol. The lowest BCUT2D eigenvalue weighted by Crippen LogP contribution is -2.56. The Hall–Kier alpha value is -4.93. The van der Waals surface area contributed by atoms with Gasteiger partial charge < -0.3 is 44.4 Å². The van der Waals surface area contributed by atoms with Gasteiger partial charge >= 0.3 is 6.09 Å². The number of likely N-dealkylation sites (tertiary alicyclic amines) is 1. The van der Waals surface area contributed by atoms with Crippen molar-refractivity contribution in [1.82, 2.24) is 35.0 Å². The molecule has 0 spiro atoms. The van der Waals surface area contributed by atoms with Crippen LogP contribution in [0.15, 0.2) is 35.3 Å². The molecule has 4 rings (SSSR count). The molecule has 1 aromatic rings. The Morgan fingerprint density at radius 3 is 2.08 bits per heavy atom. The number of ether oxygens (including phenoxy) is 3. The number of benzene rings is 1. The molecule has 1 aromatic carbocycles. The highest BCUT2D eigenvalue weighted by atomic mass is 32.2. The fourth-order valence-electron chi connectivity index (χ4n) is 10.4. The third-order valence-electron chi connectivity index (χ3n) is 14.5. The number of fused-ring (bicyclic) bond motifs is 1. The van der Waals surface area contributed by atoms with E-state index < -0.39 is 76.0 Å². The van der Waals surface area contributed by atoms with Crippen LogP contribution >= 0.6 is 0 Å². The Labute approximate surface area is 424 Å². The molecule has 5 amide bonds. The minimum absolute atomic E-state index is 0.00108. The number of carbonyl (C=O) groups is 5. The summed E-state index contributed by atoms with van der Waals surface area (Å²) in [5.41, 5.74) is 0.691. The molecule has 2 fully saturated rings. The van der Waals surface area contributed by atoms with Crippen LogP contribution in [0.3, 0.4) is 0 Å². The Kier molecular flexibility index (Phi) is 22.9. The number of hydrogen-bond acceptors (Lipinski definition) is 11. The average Bonchev–Trinajstić information content (AvgIpc) is 3.70. The van der Waals surface area contributed by atoms with Crippen LogP contribution in [0, 0.1) is 47.3 Å². The third-order valence-corrected chi connectivity index (χ3v) is 15.8. The van der Waals surface area contributed by atoms with E-state index in [0.29, 0.717) is 55.3 Å². The Balaban J connectivity index is 1.40. The van der Waals surface area contributed by atoms with Gasteiger partial charge in [0.1, 0.15) is 12.1 Å². The first-order valence-electron chi connectivity index (χ1n) is 25.4. The van der Waals surface area contributed by atoms with Crippen LogP contribution in [-0.2, 0) is 49.8 Å². The number of aliphatic imine (C=N–C) groups is 1. The highest BCUT2D eigenvalue weighted by molar-refractivity contribution is 7.90. The number of carbonyl (C=O) groups excluding carboxylic acids is 5. The summed E-state index contributed by atoms with van der Waals surface area (Å²) in [5, 5.41) is 5.40. The first kappa shape index (κ1) is 58.6. The number of likely N-dealkylation sites (N-methyl/N-ethyl adjacent to an activating group) is 1. The lowest BCUT2D eigenvalue weighted by Gasteiger charge is -2.40. The molecule has 398 valence electrons. The largest absolute Gasteiger partial charge is 0.449 e. The van der Waals surface area contributed by atoms with Crippen molar-refractivity contribution in [3.8, 4) is 11.8 Å². The summed E-state index contributed by atoms with van der Waals surface area (Å²) in [6.45, 7) is 10.4. The number of methoxy groups -OCH3 is 2. The second-order valence-corrected chi connectivity index (χ2v) is 22.2. The minimum Gasteiger partial charge on any atom is -0.449 e. The third kappa shape index (κ3) is 16.8. The second-order valence-electron chi connectivity index (χ2n) is 20.3. The topological polar surface area (TPSA) is 209 Å². The van der Waals surface area contributed by atoms with E-state index in [1.54, 1.807) is 55.1 Å². The first-order valence-corrected chi connectivity index (χ1v) is 27.1. The van der Waals surface area contributed by atoms with Crippen molar-refractivity contribution in [2.75, 3.05) is 74.9 Å². The van der Waals surface area contributed by atoms with Crippen molar-refractivity contribution in [2.24, 2.45) is 40.5 Å². The summed E-state index contributed by atoms with van der Waals surface area (Å²) < 4.78 is 46.1. The predicted molar refractivity (Wildman–Crippen MR) is 274 cm³/mol. The van der Waals surface area contributed by atoms with Gasteiger partial charge in [-0.15, -0.1) is 11.8 Å². The summed E-state index contributed by atoms with van der Waals surface area (Å²) in [4.78, 5) is 81.2. The smallest absolute Gasteiger partial charge is 0.407 e. The molecule has 0 aromatic heterocycles. The molecular weight excluding hydrogens is 929 g/mol. The Morgan fingerprint density at radius 1 is 0.887 bits per heavy atom. The number of guanidine groups is 1. The number of sulfonamides is 1. The van der Waals surface area contributed by atoms with Gasteiger partial charge in [0.05, 0.1) is 49.0 Å². The van der Waals surface area contributed by atoms with Crippen LogP contribution in [0.1, 0.15) is 98.0 Å². The minimum atomic E-state index is -4.18. The maximum Gasteiger partial charge on any atom is 0.407 e. The molecule has 1 saturated carbocycles. The van der Waals surface area contributed by atoms with E-state index in [-0.39, 0.29) is 49.5 Å². The zero-order valence-electron chi connectivity index (χ0n) is 44.4. The molecule has 0 bridgehead atoms. The van der Waals surface area contributed by atoms with Crippen molar-refractivity contribution in [3.63, 3.8) is 0 Å². The van der Waals surface area contributed by atoms with Gasteiger partial charge in [0, 0.05) is 81.8 Å². The van der Waals surface area contributed by atoms with Gasteiger partial charge in [0.25, 0.3) is 5.91 Å². The van der Waals surface area contributed by atoms with Crippen LogP contribution in [-0.4, -0.2) is 175 Å². The van der Waals surface area contributed by atoms with E-state index in [9.17, 15) is 32.4 Å².